The van der Waals surface area contributed by atoms with Gasteiger partial charge in [0.2, 0.25) is 0 Å². The smallest absolute Gasteiger partial charge is 0.326 e. The Balaban J connectivity index is 1.98. The van der Waals surface area contributed by atoms with Crippen molar-refractivity contribution in [3.63, 3.8) is 0 Å². The maximum atomic E-state index is 12.0. The SMILES string of the molecule is CC#CCN1CCN(N2CCOCC2)C(=O)C1=O. The van der Waals surface area contributed by atoms with E-state index in [9.17, 15) is 9.59 Å². The van der Waals surface area contributed by atoms with Crippen molar-refractivity contribution in [1.82, 2.24) is 14.9 Å². The van der Waals surface area contributed by atoms with Crippen molar-refractivity contribution < 1.29 is 14.3 Å². The number of rotatable bonds is 2. The van der Waals surface area contributed by atoms with Crippen molar-refractivity contribution in [2.75, 3.05) is 45.9 Å². The highest BCUT2D eigenvalue weighted by molar-refractivity contribution is 6.35. The molecule has 0 aromatic rings. The zero-order valence-corrected chi connectivity index (χ0v) is 10.5. The van der Waals surface area contributed by atoms with Crippen molar-refractivity contribution in [3.8, 4) is 11.8 Å². The second-order valence-electron chi connectivity index (χ2n) is 4.15. The molecule has 0 aromatic heterocycles. The molecule has 2 heterocycles. The van der Waals surface area contributed by atoms with E-state index in [1.807, 2.05) is 5.01 Å². The molecule has 98 valence electrons. The summed E-state index contributed by atoms with van der Waals surface area (Å²) in [5.74, 6) is 4.62. The number of hydrogen-bond donors (Lipinski definition) is 0. The van der Waals surface area contributed by atoms with Crippen molar-refractivity contribution in [2.24, 2.45) is 0 Å². The zero-order chi connectivity index (χ0) is 13.0. The molecular formula is C12H17N3O3. The molecule has 6 nitrogen and oxygen atoms in total. The molecule has 2 aliphatic heterocycles. The summed E-state index contributed by atoms with van der Waals surface area (Å²) in [6.07, 6.45) is 0. The Morgan fingerprint density at radius 2 is 1.83 bits per heavy atom. The molecule has 0 bridgehead atoms. The molecule has 2 rings (SSSR count). The fraction of sp³-hybridized carbons (Fsp3) is 0.667. The van der Waals surface area contributed by atoms with E-state index in [2.05, 4.69) is 11.8 Å². The van der Waals surface area contributed by atoms with Gasteiger partial charge >= 0.3 is 11.8 Å². The highest BCUT2D eigenvalue weighted by atomic mass is 16.5. The Morgan fingerprint density at radius 1 is 1.11 bits per heavy atom. The minimum absolute atomic E-state index is 0.331. The van der Waals surface area contributed by atoms with Gasteiger partial charge in [0.15, 0.2) is 0 Å². The standard InChI is InChI=1S/C12H17N3O3/c1-2-3-4-13-5-6-15(12(17)11(13)16)14-7-9-18-10-8-14/h4-10H2,1H3. The topological polar surface area (TPSA) is 53.1 Å². The van der Waals surface area contributed by atoms with Gasteiger partial charge in [0, 0.05) is 19.6 Å². The molecule has 0 saturated carbocycles. The Kier molecular flexibility index (Phi) is 4.18. The number of carbonyl (C=O) groups is 2. The average molecular weight is 251 g/mol. The molecule has 0 aliphatic carbocycles. The molecule has 18 heavy (non-hydrogen) atoms. The van der Waals surface area contributed by atoms with Crippen LogP contribution in [-0.4, -0.2) is 72.7 Å². The molecule has 0 radical (unpaired) electrons. The molecular weight excluding hydrogens is 234 g/mol. The van der Waals surface area contributed by atoms with Crippen molar-refractivity contribution >= 4 is 11.8 Å². The van der Waals surface area contributed by atoms with Gasteiger partial charge in [-0.3, -0.25) is 14.6 Å². The molecule has 0 N–H and O–H groups in total. The summed E-state index contributed by atoms with van der Waals surface area (Å²) in [6, 6.07) is 0. The van der Waals surface area contributed by atoms with E-state index in [-0.39, 0.29) is 0 Å². The zero-order valence-electron chi connectivity index (χ0n) is 10.5. The van der Waals surface area contributed by atoms with Crippen molar-refractivity contribution in [1.29, 1.82) is 0 Å². The summed E-state index contributed by atoms with van der Waals surface area (Å²) < 4.78 is 5.23. The van der Waals surface area contributed by atoms with Gasteiger partial charge in [0.25, 0.3) is 0 Å². The fourth-order valence-corrected chi connectivity index (χ4v) is 2.05. The molecule has 0 unspecified atom stereocenters. The van der Waals surface area contributed by atoms with Crippen LogP contribution in [0.25, 0.3) is 0 Å². The van der Waals surface area contributed by atoms with E-state index in [0.717, 1.165) is 0 Å². The monoisotopic (exact) mass is 251 g/mol. The van der Waals surface area contributed by atoms with E-state index in [1.54, 1.807) is 11.9 Å². The van der Waals surface area contributed by atoms with Gasteiger partial charge in [-0.25, -0.2) is 5.01 Å². The number of hydrogen-bond acceptors (Lipinski definition) is 4. The Bertz CT molecular complexity index is 393. The molecule has 6 heteroatoms. The number of ether oxygens (including phenoxy) is 1. The van der Waals surface area contributed by atoms with E-state index in [4.69, 9.17) is 4.74 Å². The Morgan fingerprint density at radius 3 is 2.50 bits per heavy atom. The first-order valence-corrected chi connectivity index (χ1v) is 6.07. The summed E-state index contributed by atoms with van der Waals surface area (Å²) in [5, 5.41) is 3.44. The number of carbonyl (C=O) groups excluding carboxylic acids is 2. The highest BCUT2D eigenvalue weighted by Gasteiger charge is 2.35. The van der Waals surface area contributed by atoms with Gasteiger partial charge in [-0.15, -0.1) is 5.92 Å². The van der Waals surface area contributed by atoms with E-state index >= 15 is 0 Å². The summed E-state index contributed by atoms with van der Waals surface area (Å²) in [5.41, 5.74) is 0. The Hall–Kier alpha value is -1.58. The van der Waals surface area contributed by atoms with Gasteiger partial charge in [-0.05, 0) is 6.92 Å². The molecule has 0 spiro atoms. The van der Waals surface area contributed by atoms with Crippen LogP contribution < -0.4 is 0 Å². The summed E-state index contributed by atoms with van der Waals surface area (Å²) >= 11 is 0. The number of nitrogens with zero attached hydrogens (tertiary/aromatic N) is 3. The van der Waals surface area contributed by atoms with Crippen LogP contribution in [-0.2, 0) is 14.3 Å². The third-order valence-corrected chi connectivity index (χ3v) is 3.06. The first-order valence-electron chi connectivity index (χ1n) is 6.07. The van der Waals surface area contributed by atoms with Crippen LogP contribution in [0, 0.1) is 11.8 Å². The second kappa shape index (κ2) is 5.85. The van der Waals surface area contributed by atoms with Crippen LogP contribution in [0.5, 0.6) is 0 Å². The lowest BCUT2D eigenvalue weighted by Gasteiger charge is -2.41. The third kappa shape index (κ3) is 2.63. The molecule has 2 fully saturated rings. The summed E-state index contributed by atoms with van der Waals surface area (Å²) in [4.78, 5) is 25.4. The van der Waals surface area contributed by atoms with Crippen LogP contribution in [0.15, 0.2) is 0 Å². The third-order valence-electron chi connectivity index (χ3n) is 3.06. The first-order chi connectivity index (χ1) is 8.74. The van der Waals surface area contributed by atoms with Gasteiger partial charge in [-0.1, -0.05) is 5.92 Å². The van der Waals surface area contributed by atoms with Gasteiger partial charge in [0.1, 0.15) is 0 Å². The predicted octanol–water partition coefficient (Wildman–Crippen LogP) is -1.07. The highest BCUT2D eigenvalue weighted by Crippen LogP contribution is 2.10. The lowest BCUT2D eigenvalue weighted by atomic mass is 10.3. The van der Waals surface area contributed by atoms with Crippen LogP contribution in [0.1, 0.15) is 6.92 Å². The molecule has 0 atom stereocenters. The lowest BCUT2D eigenvalue weighted by molar-refractivity contribution is -0.174. The summed E-state index contributed by atoms with van der Waals surface area (Å²) in [7, 11) is 0. The normalized spacial score (nSPS) is 21.8. The minimum atomic E-state index is -0.463. The number of hydrazine groups is 1. The van der Waals surface area contributed by atoms with Crippen molar-refractivity contribution in [3.05, 3.63) is 0 Å². The van der Waals surface area contributed by atoms with E-state index in [0.29, 0.717) is 45.9 Å². The molecule has 2 saturated heterocycles. The quantitative estimate of drug-likeness (QED) is 0.463. The van der Waals surface area contributed by atoms with E-state index in [1.165, 1.54) is 4.90 Å². The molecule has 0 aromatic carbocycles. The number of morpholine rings is 1. The fourth-order valence-electron chi connectivity index (χ4n) is 2.05. The number of piperazine rings is 1. The maximum Gasteiger partial charge on any atom is 0.326 e. The van der Waals surface area contributed by atoms with Crippen LogP contribution in [0.4, 0.5) is 0 Å². The second-order valence-corrected chi connectivity index (χ2v) is 4.15. The lowest BCUT2D eigenvalue weighted by Crippen LogP contribution is -2.61. The van der Waals surface area contributed by atoms with Gasteiger partial charge in [-0.2, -0.15) is 0 Å². The number of amides is 2. The molecule has 2 amide bonds. The Labute approximate surface area is 106 Å². The average Bonchev–Trinajstić information content (AvgIpc) is 2.41. The van der Waals surface area contributed by atoms with Gasteiger partial charge < -0.3 is 9.64 Å². The maximum absolute atomic E-state index is 12.0. The minimum Gasteiger partial charge on any atom is -0.379 e. The van der Waals surface area contributed by atoms with Crippen molar-refractivity contribution in [2.45, 2.75) is 6.92 Å². The predicted molar refractivity (Wildman–Crippen MR) is 64.1 cm³/mol. The summed E-state index contributed by atoms with van der Waals surface area (Å²) in [6.45, 7) is 5.65. The van der Waals surface area contributed by atoms with E-state index < -0.39 is 11.8 Å². The van der Waals surface area contributed by atoms with Gasteiger partial charge in [0.05, 0.1) is 26.3 Å². The molecule has 2 aliphatic rings. The largest absolute Gasteiger partial charge is 0.379 e. The van der Waals surface area contributed by atoms with Crippen LogP contribution >= 0.6 is 0 Å². The first kappa shape index (κ1) is 12.9. The van der Waals surface area contributed by atoms with Crippen LogP contribution in [0.2, 0.25) is 0 Å². The van der Waals surface area contributed by atoms with Crippen LogP contribution in [0.3, 0.4) is 0 Å².